The van der Waals surface area contributed by atoms with Gasteiger partial charge in [0.25, 0.3) is 0 Å². The molecule has 0 aliphatic carbocycles. The number of ether oxygens (including phenoxy) is 3. The minimum absolute atomic E-state index is 0.243. The summed E-state index contributed by atoms with van der Waals surface area (Å²) in [7, 11) is 3.73. The van der Waals surface area contributed by atoms with Crippen molar-refractivity contribution < 1.29 is 14.2 Å². The van der Waals surface area contributed by atoms with E-state index >= 15 is 0 Å². The van der Waals surface area contributed by atoms with Crippen LogP contribution in [0, 0.1) is 0 Å². The number of fused-ring (bicyclic) bond motifs is 1. The van der Waals surface area contributed by atoms with Crippen LogP contribution >= 0.6 is 11.6 Å². The van der Waals surface area contributed by atoms with Gasteiger partial charge in [-0.3, -0.25) is 0 Å². The summed E-state index contributed by atoms with van der Waals surface area (Å²) in [6, 6.07) is 3.78. The predicted octanol–water partition coefficient (Wildman–Crippen LogP) is 2.10. The van der Waals surface area contributed by atoms with Crippen molar-refractivity contribution in [1.29, 1.82) is 0 Å². The van der Waals surface area contributed by atoms with Crippen molar-refractivity contribution in [1.82, 2.24) is 14.9 Å². The van der Waals surface area contributed by atoms with Gasteiger partial charge in [0, 0.05) is 25.2 Å². The first kappa shape index (κ1) is 14.0. The SMILES string of the molecule is CNCc1cc2c(cc1OCc1ncc(Cl)n1C)OCO2. The van der Waals surface area contributed by atoms with Gasteiger partial charge < -0.3 is 24.1 Å². The van der Waals surface area contributed by atoms with Crippen LogP contribution < -0.4 is 19.5 Å². The van der Waals surface area contributed by atoms with Crippen LogP contribution in [0.1, 0.15) is 11.4 Å². The molecule has 0 radical (unpaired) electrons. The fourth-order valence-electron chi connectivity index (χ4n) is 2.13. The van der Waals surface area contributed by atoms with E-state index in [1.54, 1.807) is 10.8 Å². The number of nitrogens with zero attached hydrogens (tertiary/aromatic N) is 2. The molecule has 0 spiro atoms. The molecule has 1 aromatic carbocycles. The highest BCUT2D eigenvalue weighted by atomic mass is 35.5. The zero-order valence-electron chi connectivity index (χ0n) is 11.9. The average Bonchev–Trinajstić information content (AvgIpc) is 3.05. The molecule has 1 N–H and O–H groups in total. The Kier molecular flexibility index (Phi) is 3.90. The van der Waals surface area contributed by atoms with E-state index < -0.39 is 0 Å². The lowest BCUT2D eigenvalue weighted by atomic mass is 10.1. The fourth-order valence-corrected chi connectivity index (χ4v) is 2.28. The van der Waals surface area contributed by atoms with Crippen LogP contribution in [0.3, 0.4) is 0 Å². The van der Waals surface area contributed by atoms with Crippen molar-refractivity contribution in [3.63, 3.8) is 0 Å². The second-order valence-corrected chi connectivity index (χ2v) is 5.08. The molecule has 0 saturated carbocycles. The Hall–Kier alpha value is -1.92. The maximum atomic E-state index is 5.97. The van der Waals surface area contributed by atoms with Gasteiger partial charge in [-0.15, -0.1) is 0 Å². The summed E-state index contributed by atoms with van der Waals surface area (Å²) in [6.45, 7) is 1.25. The number of nitrogens with one attached hydrogen (secondary N) is 1. The average molecular weight is 310 g/mol. The summed E-state index contributed by atoms with van der Waals surface area (Å²) in [5.74, 6) is 2.94. The highest BCUT2D eigenvalue weighted by molar-refractivity contribution is 6.29. The number of halogens is 1. The Morgan fingerprint density at radius 3 is 2.81 bits per heavy atom. The predicted molar refractivity (Wildman–Crippen MR) is 77.9 cm³/mol. The van der Waals surface area contributed by atoms with Crippen molar-refractivity contribution >= 4 is 11.6 Å². The molecule has 2 aromatic rings. The third-order valence-corrected chi connectivity index (χ3v) is 3.66. The molecule has 112 valence electrons. The molecule has 0 atom stereocenters. The van der Waals surface area contributed by atoms with E-state index in [1.165, 1.54) is 0 Å². The van der Waals surface area contributed by atoms with Gasteiger partial charge >= 0.3 is 0 Å². The highest BCUT2D eigenvalue weighted by Crippen LogP contribution is 2.38. The van der Waals surface area contributed by atoms with Crippen LogP contribution in [0.2, 0.25) is 5.15 Å². The van der Waals surface area contributed by atoms with E-state index in [0.717, 1.165) is 22.9 Å². The zero-order valence-corrected chi connectivity index (χ0v) is 12.6. The lowest BCUT2D eigenvalue weighted by Gasteiger charge is -2.12. The third kappa shape index (κ3) is 2.77. The summed E-state index contributed by atoms with van der Waals surface area (Å²) in [5.41, 5.74) is 1.00. The lowest BCUT2D eigenvalue weighted by Crippen LogP contribution is -2.09. The van der Waals surface area contributed by atoms with Gasteiger partial charge in [0.05, 0.1) is 6.20 Å². The molecule has 0 amide bonds. The van der Waals surface area contributed by atoms with E-state index in [-0.39, 0.29) is 6.79 Å². The van der Waals surface area contributed by atoms with E-state index in [0.29, 0.717) is 24.1 Å². The molecule has 1 aliphatic heterocycles. The summed E-state index contributed by atoms with van der Waals surface area (Å²) in [5, 5.41) is 3.69. The quantitative estimate of drug-likeness (QED) is 0.916. The van der Waals surface area contributed by atoms with Gasteiger partial charge in [0.15, 0.2) is 11.5 Å². The topological polar surface area (TPSA) is 57.5 Å². The van der Waals surface area contributed by atoms with Gasteiger partial charge in [0.2, 0.25) is 6.79 Å². The van der Waals surface area contributed by atoms with Crippen molar-refractivity contribution in [2.75, 3.05) is 13.8 Å². The number of imidazole rings is 1. The lowest BCUT2D eigenvalue weighted by molar-refractivity contribution is 0.173. The Balaban J connectivity index is 1.82. The van der Waals surface area contributed by atoms with E-state index in [9.17, 15) is 0 Å². The van der Waals surface area contributed by atoms with E-state index in [2.05, 4.69) is 10.3 Å². The summed E-state index contributed by atoms with van der Waals surface area (Å²) >= 11 is 5.97. The molecule has 0 saturated heterocycles. The molecule has 1 aromatic heterocycles. The molecule has 0 bridgehead atoms. The van der Waals surface area contributed by atoms with Crippen LogP contribution in [-0.4, -0.2) is 23.4 Å². The summed E-state index contributed by atoms with van der Waals surface area (Å²) in [6.07, 6.45) is 1.61. The number of hydrogen-bond donors (Lipinski definition) is 1. The molecule has 0 unspecified atom stereocenters. The highest BCUT2D eigenvalue weighted by Gasteiger charge is 2.18. The Morgan fingerprint density at radius 1 is 1.38 bits per heavy atom. The molecule has 1 aliphatic rings. The first-order valence-electron chi connectivity index (χ1n) is 6.55. The molecule has 6 nitrogen and oxygen atoms in total. The van der Waals surface area contributed by atoms with Crippen molar-refractivity contribution in [2.45, 2.75) is 13.2 Å². The standard InChI is InChI=1S/C14H16ClN3O3/c1-16-5-9-3-11-12(21-8-20-11)4-10(9)19-7-14-17-6-13(15)18(14)2/h3-4,6,16H,5,7-8H2,1-2H3. The third-order valence-electron chi connectivity index (χ3n) is 3.31. The largest absolute Gasteiger partial charge is 0.485 e. The number of rotatable bonds is 5. The maximum absolute atomic E-state index is 5.97. The monoisotopic (exact) mass is 309 g/mol. The summed E-state index contributed by atoms with van der Waals surface area (Å²) < 4.78 is 18.4. The maximum Gasteiger partial charge on any atom is 0.231 e. The molecule has 0 fully saturated rings. The molecule has 21 heavy (non-hydrogen) atoms. The van der Waals surface area contributed by atoms with E-state index in [1.807, 2.05) is 26.2 Å². The van der Waals surface area contributed by atoms with Gasteiger partial charge in [-0.2, -0.15) is 0 Å². The van der Waals surface area contributed by atoms with Gasteiger partial charge in [-0.05, 0) is 13.1 Å². The number of hydrogen-bond acceptors (Lipinski definition) is 5. The Morgan fingerprint density at radius 2 is 2.14 bits per heavy atom. The zero-order chi connectivity index (χ0) is 14.8. The second-order valence-electron chi connectivity index (χ2n) is 4.69. The van der Waals surface area contributed by atoms with Crippen LogP contribution in [0.5, 0.6) is 17.2 Å². The fraction of sp³-hybridized carbons (Fsp3) is 0.357. The van der Waals surface area contributed by atoms with Crippen LogP contribution in [0.4, 0.5) is 0 Å². The minimum atomic E-state index is 0.243. The van der Waals surface area contributed by atoms with Crippen LogP contribution in [0.25, 0.3) is 0 Å². The number of aromatic nitrogens is 2. The molecule has 3 rings (SSSR count). The molecular weight excluding hydrogens is 294 g/mol. The van der Waals surface area contributed by atoms with Crippen LogP contribution in [0.15, 0.2) is 18.3 Å². The van der Waals surface area contributed by atoms with Crippen molar-refractivity contribution in [3.8, 4) is 17.2 Å². The van der Waals surface area contributed by atoms with Crippen molar-refractivity contribution in [3.05, 3.63) is 34.9 Å². The Labute approximate surface area is 127 Å². The van der Waals surface area contributed by atoms with Gasteiger partial charge in [-0.25, -0.2) is 4.98 Å². The smallest absolute Gasteiger partial charge is 0.231 e. The molecular formula is C14H16ClN3O3. The van der Waals surface area contributed by atoms with E-state index in [4.69, 9.17) is 25.8 Å². The first-order chi connectivity index (χ1) is 10.2. The van der Waals surface area contributed by atoms with Crippen LogP contribution in [-0.2, 0) is 20.2 Å². The first-order valence-corrected chi connectivity index (χ1v) is 6.93. The summed E-state index contributed by atoms with van der Waals surface area (Å²) in [4.78, 5) is 4.21. The normalized spacial score (nSPS) is 12.7. The number of benzene rings is 1. The molecule has 7 heteroatoms. The van der Waals surface area contributed by atoms with Crippen molar-refractivity contribution in [2.24, 2.45) is 7.05 Å². The second kappa shape index (κ2) is 5.83. The Bertz CT molecular complexity index is 657. The van der Waals surface area contributed by atoms with Gasteiger partial charge in [-0.1, -0.05) is 11.6 Å². The molecule has 2 heterocycles. The minimum Gasteiger partial charge on any atom is -0.485 e. The van der Waals surface area contributed by atoms with Gasteiger partial charge in [0.1, 0.15) is 23.3 Å².